The maximum absolute atomic E-state index is 9.41. The molecule has 2 rings (SSSR count). The highest BCUT2D eigenvalue weighted by molar-refractivity contribution is 5.86. The van der Waals surface area contributed by atoms with Crippen molar-refractivity contribution in [2.75, 3.05) is 5.53 Å². The Balaban J connectivity index is 2.82. The van der Waals surface area contributed by atoms with Crippen molar-refractivity contribution in [3.8, 4) is 5.75 Å². The van der Waals surface area contributed by atoms with Gasteiger partial charge in [0.15, 0.2) is 0 Å². The lowest BCUT2D eigenvalue weighted by Gasteiger charge is -2.00. The average molecular weight is 163 g/mol. The maximum Gasteiger partial charge on any atom is 0.143 e. The molecular weight excluding hydrogens is 154 g/mol. The van der Waals surface area contributed by atoms with Crippen molar-refractivity contribution in [1.82, 2.24) is 4.68 Å². The Hall–Kier alpha value is -1.68. The summed E-state index contributed by atoms with van der Waals surface area (Å²) in [7, 11) is 0. The van der Waals surface area contributed by atoms with Crippen LogP contribution in [0.3, 0.4) is 0 Å². The van der Waals surface area contributed by atoms with Crippen LogP contribution in [0, 0.1) is 0 Å². The van der Waals surface area contributed by atoms with Gasteiger partial charge in [0.1, 0.15) is 5.75 Å². The second kappa shape index (κ2) is 2.42. The molecule has 0 spiro atoms. The van der Waals surface area contributed by atoms with E-state index in [0.29, 0.717) is 0 Å². The molecule has 1 heterocycles. The molecule has 4 heteroatoms. The van der Waals surface area contributed by atoms with Crippen molar-refractivity contribution < 1.29 is 5.11 Å². The first kappa shape index (κ1) is 7.00. The van der Waals surface area contributed by atoms with E-state index in [9.17, 15) is 5.11 Å². The number of nitrogen functional groups attached to an aromatic ring is 1. The van der Waals surface area contributed by atoms with Crippen LogP contribution >= 0.6 is 0 Å². The van der Waals surface area contributed by atoms with Gasteiger partial charge in [-0.15, -0.1) is 0 Å². The van der Waals surface area contributed by atoms with Crippen molar-refractivity contribution >= 4 is 10.9 Å². The minimum Gasteiger partial charge on any atom is -0.506 e. The van der Waals surface area contributed by atoms with Crippen molar-refractivity contribution in [1.29, 1.82) is 0 Å². The number of fused-ring (bicyclic) bond motifs is 1. The molecule has 0 bridgehead atoms. The number of aromatic hydroxyl groups is 1. The molecule has 4 nitrogen and oxygen atoms in total. The number of aromatic nitrogens is 1. The number of benzene rings is 1. The van der Waals surface area contributed by atoms with E-state index < -0.39 is 0 Å². The van der Waals surface area contributed by atoms with E-state index in [2.05, 4.69) is 5.53 Å². The van der Waals surface area contributed by atoms with Crippen LogP contribution in [0.2, 0.25) is 0 Å². The zero-order chi connectivity index (χ0) is 8.55. The molecule has 0 unspecified atom stereocenters. The lowest BCUT2D eigenvalue weighted by molar-refractivity contribution is 0.479. The lowest BCUT2D eigenvalue weighted by atomic mass is 10.2. The average Bonchev–Trinajstić information content (AvgIpc) is 2.44. The molecule has 0 aliphatic rings. The van der Waals surface area contributed by atoms with Crippen molar-refractivity contribution in [2.45, 2.75) is 0 Å². The number of hydrogen-bond acceptors (Lipinski definition) is 3. The fourth-order valence-electron chi connectivity index (χ4n) is 1.27. The van der Waals surface area contributed by atoms with E-state index in [-0.39, 0.29) is 5.75 Å². The largest absolute Gasteiger partial charge is 0.506 e. The lowest BCUT2D eigenvalue weighted by Crippen LogP contribution is -2.19. The Morgan fingerprint density at radius 3 is 2.83 bits per heavy atom. The first-order valence-electron chi connectivity index (χ1n) is 3.58. The number of nitrogens with two attached hydrogens (primary N) is 1. The SMILES string of the molecule is NNn1cc(O)c2ccccc21. The second-order valence-corrected chi connectivity index (χ2v) is 2.53. The first-order chi connectivity index (χ1) is 5.83. The summed E-state index contributed by atoms with van der Waals surface area (Å²) in [6, 6.07) is 7.45. The number of rotatable bonds is 1. The van der Waals surface area contributed by atoms with Gasteiger partial charge in [-0.25, -0.2) is 10.5 Å². The summed E-state index contributed by atoms with van der Waals surface area (Å²) in [6.07, 6.45) is 1.53. The highest BCUT2D eigenvalue weighted by atomic mass is 16.3. The van der Waals surface area contributed by atoms with Gasteiger partial charge in [-0.1, -0.05) is 12.1 Å². The molecule has 0 radical (unpaired) electrons. The van der Waals surface area contributed by atoms with Gasteiger partial charge in [0.05, 0.1) is 11.7 Å². The van der Waals surface area contributed by atoms with Crippen LogP contribution in [0.1, 0.15) is 0 Å². The van der Waals surface area contributed by atoms with Gasteiger partial charge in [-0.05, 0) is 12.1 Å². The van der Waals surface area contributed by atoms with Gasteiger partial charge < -0.3 is 5.11 Å². The van der Waals surface area contributed by atoms with Crippen LogP contribution in [0.25, 0.3) is 10.9 Å². The van der Waals surface area contributed by atoms with Crippen molar-refractivity contribution in [2.24, 2.45) is 5.84 Å². The Bertz CT molecular complexity index is 408. The Labute approximate surface area is 69.2 Å². The van der Waals surface area contributed by atoms with Crippen LogP contribution in [-0.2, 0) is 0 Å². The van der Waals surface area contributed by atoms with Crippen LogP contribution < -0.4 is 11.4 Å². The molecule has 0 saturated heterocycles. The molecule has 62 valence electrons. The second-order valence-electron chi connectivity index (χ2n) is 2.53. The predicted octanol–water partition coefficient (Wildman–Crippen LogP) is 0.764. The predicted molar refractivity (Wildman–Crippen MR) is 47.2 cm³/mol. The molecular formula is C8H9N3O. The van der Waals surface area contributed by atoms with E-state index >= 15 is 0 Å². The van der Waals surface area contributed by atoms with Gasteiger partial charge in [-0.3, -0.25) is 5.53 Å². The number of para-hydroxylation sites is 1. The summed E-state index contributed by atoms with van der Waals surface area (Å²) in [4.78, 5) is 0. The standard InChI is InChI=1S/C8H9N3O/c9-10-11-5-8(12)6-3-1-2-4-7(6)11/h1-5,10,12H,9H2. The third kappa shape index (κ3) is 0.820. The molecule has 0 fully saturated rings. The molecule has 0 amide bonds. The summed E-state index contributed by atoms with van der Waals surface area (Å²) in [5.74, 6) is 5.46. The third-order valence-electron chi connectivity index (χ3n) is 1.83. The summed E-state index contributed by atoms with van der Waals surface area (Å²) in [6.45, 7) is 0. The van der Waals surface area contributed by atoms with Gasteiger partial charge >= 0.3 is 0 Å². The Kier molecular flexibility index (Phi) is 1.41. The topological polar surface area (TPSA) is 63.2 Å². The van der Waals surface area contributed by atoms with E-state index in [4.69, 9.17) is 5.84 Å². The zero-order valence-electron chi connectivity index (χ0n) is 6.36. The molecule has 2 aromatic rings. The summed E-state index contributed by atoms with van der Waals surface area (Å²) >= 11 is 0. The molecule has 4 N–H and O–H groups in total. The molecule has 0 aliphatic heterocycles. The van der Waals surface area contributed by atoms with Crippen LogP contribution in [0.5, 0.6) is 5.75 Å². The Morgan fingerprint density at radius 1 is 1.33 bits per heavy atom. The fourth-order valence-corrected chi connectivity index (χ4v) is 1.27. The molecule has 0 atom stereocenters. The normalized spacial score (nSPS) is 10.4. The maximum atomic E-state index is 9.41. The number of hydrogen-bond donors (Lipinski definition) is 3. The van der Waals surface area contributed by atoms with Gasteiger partial charge in [-0.2, -0.15) is 0 Å². The first-order valence-corrected chi connectivity index (χ1v) is 3.58. The molecule has 1 aromatic carbocycles. The van der Waals surface area contributed by atoms with Gasteiger partial charge in [0.25, 0.3) is 0 Å². The third-order valence-corrected chi connectivity index (χ3v) is 1.83. The zero-order valence-corrected chi connectivity index (χ0v) is 6.36. The molecule has 0 saturated carbocycles. The smallest absolute Gasteiger partial charge is 0.143 e. The fraction of sp³-hybridized carbons (Fsp3) is 0. The summed E-state index contributed by atoms with van der Waals surface area (Å²) < 4.78 is 1.56. The molecule has 0 aliphatic carbocycles. The van der Waals surface area contributed by atoms with Crippen molar-refractivity contribution in [3.05, 3.63) is 30.5 Å². The monoisotopic (exact) mass is 163 g/mol. The molecule has 12 heavy (non-hydrogen) atoms. The van der Waals surface area contributed by atoms with Gasteiger partial charge in [0, 0.05) is 5.39 Å². The highest BCUT2D eigenvalue weighted by Crippen LogP contribution is 2.24. The van der Waals surface area contributed by atoms with Crippen molar-refractivity contribution in [3.63, 3.8) is 0 Å². The van der Waals surface area contributed by atoms with E-state index in [0.717, 1.165) is 10.9 Å². The summed E-state index contributed by atoms with van der Waals surface area (Å²) in [5.41, 5.74) is 3.31. The van der Waals surface area contributed by atoms with E-state index in [1.165, 1.54) is 6.20 Å². The van der Waals surface area contributed by atoms with Crippen LogP contribution in [-0.4, -0.2) is 9.78 Å². The Morgan fingerprint density at radius 2 is 2.08 bits per heavy atom. The number of nitrogens with one attached hydrogen (secondary N) is 1. The van der Waals surface area contributed by atoms with Gasteiger partial charge in [0.2, 0.25) is 0 Å². The minimum atomic E-state index is 0.226. The highest BCUT2D eigenvalue weighted by Gasteiger charge is 2.04. The molecule has 1 aromatic heterocycles. The van der Waals surface area contributed by atoms with E-state index in [1.54, 1.807) is 4.68 Å². The quantitative estimate of drug-likeness (QED) is 0.429. The number of hydrazine groups is 1. The summed E-state index contributed by atoms with van der Waals surface area (Å²) in [5, 5.41) is 10.2. The van der Waals surface area contributed by atoms with Crippen LogP contribution in [0.4, 0.5) is 0 Å². The van der Waals surface area contributed by atoms with E-state index in [1.807, 2.05) is 24.3 Å². The minimum absolute atomic E-state index is 0.226. The number of nitrogens with zero attached hydrogens (tertiary/aromatic N) is 1. The van der Waals surface area contributed by atoms with Crippen LogP contribution in [0.15, 0.2) is 30.5 Å².